The lowest BCUT2D eigenvalue weighted by atomic mass is 10.1. The fourth-order valence-electron chi connectivity index (χ4n) is 2.37. The fourth-order valence-corrected chi connectivity index (χ4v) is 2.55. The maximum Gasteiger partial charge on any atom is 0.263 e. The second-order valence-electron chi connectivity index (χ2n) is 5.56. The number of amides is 2. The maximum absolute atomic E-state index is 12.4. The van der Waals surface area contributed by atoms with Crippen LogP contribution < -0.4 is 10.9 Å². The molecule has 25 heavy (non-hydrogen) atoms. The Bertz CT molecular complexity index is 1050. The second kappa shape index (κ2) is 6.91. The number of nitrogens with zero attached hydrogens (tertiary/aromatic N) is 1. The van der Waals surface area contributed by atoms with E-state index in [4.69, 9.17) is 16.0 Å². The van der Waals surface area contributed by atoms with E-state index in [0.29, 0.717) is 21.7 Å². The normalized spacial score (nSPS) is 11.6. The van der Waals surface area contributed by atoms with Crippen LogP contribution in [0.4, 0.5) is 5.69 Å². The van der Waals surface area contributed by atoms with E-state index < -0.39 is 11.8 Å². The zero-order valence-corrected chi connectivity index (χ0v) is 14.4. The average Bonchev–Trinajstić information content (AvgIpc) is 2.56. The topological polar surface area (TPSA) is 71.7 Å². The molecule has 3 aromatic rings. The molecular weight excluding hydrogens is 340 g/mol. The summed E-state index contributed by atoms with van der Waals surface area (Å²) in [6, 6.07) is 14.2. The summed E-state index contributed by atoms with van der Waals surface area (Å²) < 4.78 is 5.81. The van der Waals surface area contributed by atoms with Gasteiger partial charge >= 0.3 is 0 Å². The lowest BCUT2D eigenvalue weighted by molar-refractivity contribution is -0.118. The minimum atomic E-state index is -0.578. The molecule has 0 aliphatic carbocycles. The molecule has 126 valence electrons. The summed E-state index contributed by atoms with van der Waals surface area (Å²) in [7, 11) is 0. The quantitative estimate of drug-likeness (QED) is 0.758. The van der Waals surface area contributed by atoms with Gasteiger partial charge in [-0.25, -0.2) is 4.99 Å². The van der Waals surface area contributed by atoms with Crippen LogP contribution in [-0.2, 0) is 4.79 Å². The molecule has 0 radical (unpaired) electrons. The molecule has 0 saturated heterocycles. The van der Waals surface area contributed by atoms with E-state index in [-0.39, 0.29) is 11.1 Å². The predicted molar refractivity (Wildman–Crippen MR) is 95.8 cm³/mol. The highest BCUT2D eigenvalue weighted by molar-refractivity contribution is 6.31. The molecule has 0 atom stereocenters. The monoisotopic (exact) mass is 354 g/mol. The molecule has 1 heterocycles. The second-order valence-corrected chi connectivity index (χ2v) is 5.99. The van der Waals surface area contributed by atoms with Gasteiger partial charge in [-0.1, -0.05) is 29.8 Å². The molecule has 0 bridgehead atoms. The van der Waals surface area contributed by atoms with Gasteiger partial charge in [0.15, 0.2) is 0 Å². The van der Waals surface area contributed by atoms with Crippen LogP contribution in [0.3, 0.4) is 0 Å². The van der Waals surface area contributed by atoms with E-state index in [2.05, 4.69) is 10.3 Å². The standard InChI is InChI=1S/C19H15ClN2O3/c1-11-5-3-4-6-16(11)22-19-15(18(24)21-12(2)23)10-13-9-14(20)7-8-17(13)25-19/h3-10H,1-2H3,(H,21,23,24). The highest BCUT2D eigenvalue weighted by Crippen LogP contribution is 2.20. The first kappa shape index (κ1) is 16.9. The van der Waals surface area contributed by atoms with Gasteiger partial charge in [0, 0.05) is 17.3 Å². The Labute approximate surface area is 149 Å². The minimum Gasteiger partial charge on any atom is -0.438 e. The molecule has 1 N–H and O–H groups in total. The van der Waals surface area contributed by atoms with Crippen molar-refractivity contribution < 1.29 is 14.0 Å². The van der Waals surface area contributed by atoms with Crippen molar-refractivity contribution in [2.24, 2.45) is 4.99 Å². The smallest absolute Gasteiger partial charge is 0.263 e. The van der Waals surface area contributed by atoms with Crippen molar-refractivity contribution in [1.29, 1.82) is 0 Å². The summed E-state index contributed by atoms with van der Waals surface area (Å²) in [6.45, 7) is 3.18. The molecule has 1 aromatic heterocycles. The van der Waals surface area contributed by atoms with Gasteiger partial charge in [0.1, 0.15) is 11.1 Å². The van der Waals surface area contributed by atoms with Crippen LogP contribution in [0.25, 0.3) is 11.0 Å². The zero-order valence-electron chi connectivity index (χ0n) is 13.7. The fraction of sp³-hybridized carbons (Fsp3) is 0.105. The van der Waals surface area contributed by atoms with Crippen molar-refractivity contribution in [3.63, 3.8) is 0 Å². The first-order chi connectivity index (χ1) is 11.9. The van der Waals surface area contributed by atoms with Crippen LogP contribution in [0.15, 0.2) is 57.9 Å². The number of aryl methyl sites for hydroxylation is 1. The van der Waals surface area contributed by atoms with Gasteiger partial charge in [-0.05, 0) is 42.8 Å². The van der Waals surface area contributed by atoms with Crippen LogP contribution in [0.5, 0.6) is 0 Å². The Morgan fingerprint density at radius 2 is 1.88 bits per heavy atom. The molecular formula is C19H15ClN2O3. The number of imide groups is 1. The highest BCUT2D eigenvalue weighted by Gasteiger charge is 2.14. The van der Waals surface area contributed by atoms with Crippen LogP contribution >= 0.6 is 11.6 Å². The van der Waals surface area contributed by atoms with Gasteiger partial charge in [0.25, 0.3) is 5.91 Å². The summed E-state index contributed by atoms with van der Waals surface area (Å²) in [4.78, 5) is 28.1. The number of carbonyl (C=O) groups excluding carboxylic acids is 2. The van der Waals surface area contributed by atoms with Crippen LogP contribution in [0.2, 0.25) is 5.02 Å². The van der Waals surface area contributed by atoms with Gasteiger partial charge < -0.3 is 4.42 Å². The number of nitrogens with one attached hydrogen (secondary N) is 1. The molecule has 6 heteroatoms. The Hall–Kier alpha value is -2.92. The first-order valence-corrected chi connectivity index (χ1v) is 7.97. The number of fused-ring (bicyclic) bond motifs is 1. The minimum absolute atomic E-state index is 0.128. The average molecular weight is 355 g/mol. The third-order valence-corrected chi connectivity index (χ3v) is 3.82. The summed E-state index contributed by atoms with van der Waals surface area (Å²) in [5.74, 6) is -1.04. The molecule has 5 nitrogen and oxygen atoms in total. The molecule has 3 rings (SSSR count). The van der Waals surface area contributed by atoms with Crippen molar-refractivity contribution >= 4 is 40.1 Å². The van der Waals surface area contributed by atoms with Crippen LogP contribution in [0, 0.1) is 6.92 Å². The number of hydrogen-bond acceptors (Lipinski definition) is 4. The van der Waals surface area contributed by atoms with Crippen LogP contribution in [0.1, 0.15) is 22.8 Å². The van der Waals surface area contributed by atoms with Gasteiger partial charge in [0.05, 0.1) is 5.69 Å². The van der Waals surface area contributed by atoms with Gasteiger partial charge in [-0.2, -0.15) is 0 Å². The summed E-state index contributed by atoms with van der Waals surface area (Å²) in [5.41, 5.74) is 2.44. The van der Waals surface area contributed by atoms with E-state index in [9.17, 15) is 9.59 Å². The molecule has 0 aliphatic rings. The molecule has 2 aromatic carbocycles. The Balaban J connectivity index is 2.27. The lowest BCUT2D eigenvalue weighted by Crippen LogP contribution is -2.32. The van der Waals surface area contributed by atoms with Crippen molar-refractivity contribution in [2.45, 2.75) is 13.8 Å². The van der Waals surface area contributed by atoms with Crippen molar-refractivity contribution in [3.05, 3.63) is 70.2 Å². The van der Waals surface area contributed by atoms with Crippen molar-refractivity contribution in [1.82, 2.24) is 5.32 Å². The van der Waals surface area contributed by atoms with E-state index in [0.717, 1.165) is 5.56 Å². The molecule has 0 unspecified atom stereocenters. The molecule has 0 spiro atoms. The third kappa shape index (κ3) is 3.78. The van der Waals surface area contributed by atoms with Crippen LogP contribution in [-0.4, -0.2) is 11.8 Å². The predicted octanol–water partition coefficient (Wildman–Crippen LogP) is 3.90. The van der Waals surface area contributed by atoms with Crippen molar-refractivity contribution in [2.75, 3.05) is 0 Å². The van der Waals surface area contributed by atoms with E-state index in [1.165, 1.54) is 6.92 Å². The van der Waals surface area contributed by atoms with E-state index in [1.54, 1.807) is 24.3 Å². The van der Waals surface area contributed by atoms with Crippen molar-refractivity contribution in [3.8, 4) is 0 Å². The highest BCUT2D eigenvalue weighted by atomic mass is 35.5. The van der Waals surface area contributed by atoms with Gasteiger partial charge in [-0.3, -0.25) is 14.9 Å². The molecule has 0 saturated carbocycles. The van der Waals surface area contributed by atoms with Gasteiger partial charge in [-0.15, -0.1) is 0 Å². The lowest BCUT2D eigenvalue weighted by Gasteiger charge is -2.06. The maximum atomic E-state index is 12.4. The third-order valence-electron chi connectivity index (χ3n) is 3.58. The van der Waals surface area contributed by atoms with E-state index >= 15 is 0 Å². The van der Waals surface area contributed by atoms with Gasteiger partial charge in [0.2, 0.25) is 11.5 Å². The largest absolute Gasteiger partial charge is 0.438 e. The van der Waals surface area contributed by atoms with E-state index in [1.807, 2.05) is 31.2 Å². The number of benzene rings is 2. The molecule has 2 amide bonds. The Morgan fingerprint density at radius 3 is 2.60 bits per heavy atom. The number of para-hydroxylation sites is 1. The number of hydrogen-bond donors (Lipinski definition) is 1. The molecule has 0 aliphatic heterocycles. The zero-order chi connectivity index (χ0) is 18.0. The summed E-state index contributed by atoms with van der Waals surface area (Å²) in [5, 5.41) is 3.41. The summed E-state index contributed by atoms with van der Waals surface area (Å²) >= 11 is 6.01. The number of halogens is 1. The number of rotatable bonds is 2. The number of carbonyl (C=O) groups is 2. The Kier molecular flexibility index (Phi) is 4.67. The first-order valence-electron chi connectivity index (χ1n) is 7.60. The molecule has 0 fully saturated rings. The SMILES string of the molecule is CC(=O)NC(=O)c1cc2cc(Cl)ccc2oc1=Nc1ccccc1C. The summed E-state index contributed by atoms with van der Waals surface area (Å²) in [6.07, 6.45) is 0. The Morgan fingerprint density at radius 1 is 1.12 bits per heavy atom.